The van der Waals surface area contributed by atoms with E-state index in [2.05, 4.69) is 15.0 Å². The Balaban J connectivity index is 0.00000156. The Labute approximate surface area is 158 Å². The number of nitrogens with zero attached hydrogens (tertiary/aromatic N) is 4. The van der Waals surface area contributed by atoms with Gasteiger partial charge in [0.25, 0.3) is 0 Å². The minimum absolute atomic E-state index is 0. The molecule has 119 valence electrons. The number of rotatable bonds is 2. The molecule has 4 rings (SSSR count). The summed E-state index contributed by atoms with van der Waals surface area (Å²) in [6.45, 7) is 3.66. The van der Waals surface area contributed by atoms with Crippen molar-refractivity contribution in [3.63, 3.8) is 0 Å². The van der Waals surface area contributed by atoms with E-state index < -0.39 is 5.79 Å². The van der Waals surface area contributed by atoms with E-state index >= 15 is 0 Å². The standard InChI is InChI=1S/C14H17N5O3.Y/c1-14(2)21-10-7(4-20)3-8(11(10)22-14)19-6-18-9-12(15)16-5-17-13(9)19;/h3,5-6,8,10-11,20H,4H2,1-2H3,(H2,15,16,17);/t8-,10-,11+;/m0./s1. The van der Waals surface area contributed by atoms with Crippen LogP contribution < -0.4 is 5.73 Å². The summed E-state index contributed by atoms with van der Waals surface area (Å²) in [5.74, 6) is -0.347. The first-order chi connectivity index (χ1) is 10.5. The molecule has 3 atom stereocenters. The second kappa shape index (κ2) is 5.86. The fraction of sp³-hybridized carbons (Fsp3) is 0.500. The summed E-state index contributed by atoms with van der Waals surface area (Å²) in [5.41, 5.74) is 7.84. The summed E-state index contributed by atoms with van der Waals surface area (Å²) < 4.78 is 13.8. The van der Waals surface area contributed by atoms with Crippen molar-refractivity contribution >= 4 is 17.0 Å². The predicted octanol–water partition coefficient (Wildman–Crippen LogP) is 0.399. The molecule has 1 fully saturated rings. The van der Waals surface area contributed by atoms with Crippen LogP contribution in [0.15, 0.2) is 24.3 Å². The predicted molar refractivity (Wildman–Crippen MR) is 77.8 cm³/mol. The van der Waals surface area contributed by atoms with Crippen LogP contribution in [0.25, 0.3) is 11.2 Å². The van der Waals surface area contributed by atoms with Crippen molar-refractivity contribution in [1.29, 1.82) is 0 Å². The van der Waals surface area contributed by atoms with E-state index in [0.717, 1.165) is 5.57 Å². The zero-order valence-corrected chi connectivity index (χ0v) is 15.7. The van der Waals surface area contributed by atoms with Gasteiger partial charge in [-0.15, -0.1) is 0 Å². The number of anilines is 1. The van der Waals surface area contributed by atoms with Gasteiger partial charge in [0, 0.05) is 32.7 Å². The molecule has 0 bridgehead atoms. The summed E-state index contributed by atoms with van der Waals surface area (Å²) in [7, 11) is 0. The number of hydrogen-bond donors (Lipinski definition) is 2. The molecule has 0 spiro atoms. The van der Waals surface area contributed by atoms with Crippen LogP contribution in [0, 0.1) is 0 Å². The van der Waals surface area contributed by atoms with Gasteiger partial charge in [-0.3, -0.25) is 0 Å². The van der Waals surface area contributed by atoms with Gasteiger partial charge in [-0.2, -0.15) is 0 Å². The summed E-state index contributed by atoms with van der Waals surface area (Å²) >= 11 is 0. The Morgan fingerprint density at radius 3 is 2.83 bits per heavy atom. The van der Waals surface area contributed by atoms with Crippen LogP contribution in [0.3, 0.4) is 0 Å². The number of nitrogens with two attached hydrogens (primary N) is 1. The van der Waals surface area contributed by atoms with E-state index in [0.29, 0.717) is 17.0 Å². The van der Waals surface area contributed by atoms with Gasteiger partial charge in [0.15, 0.2) is 17.3 Å². The SMILES string of the molecule is CC1(C)O[C@H]2[C@@H](O1)C(CO)=C[C@@H]2n1cnc2c(N)ncnc21.[Y]. The Morgan fingerprint density at radius 2 is 2.09 bits per heavy atom. The molecule has 1 aliphatic heterocycles. The van der Waals surface area contributed by atoms with Crippen molar-refractivity contribution in [2.75, 3.05) is 12.3 Å². The van der Waals surface area contributed by atoms with Crippen LogP contribution in [-0.2, 0) is 42.2 Å². The van der Waals surface area contributed by atoms with Gasteiger partial charge in [-0.1, -0.05) is 6.08 Å². The number of aromatic nitrogens is 4. The molecule has 0 aromatic carbocycles. The van der Waals surface area contributed by atoms with Crippen LogP contribution in [0.1, 0.15) is 19.9 Å². The Morgan fingerprint density at radius 1 is 1.30 bits per heavy atom. The quantitative estimate of drug-likeness (QED) is 0.713. The number of nitrogen functional groups attached to an aromatic ring is 1. The molecule has 2 aromatic heterocycles. The third kappa shape index (κ3) is 2.62. The molecule has 3 N–H and O–H groups in total. The normalized spacial score (nSPS) is 28.5. The maximum Gasteiger partial charge on any atom is 0.166 e. The summed E-state index contributed by atoms with van der Waals surface area (Å²) in [6.07, 6.45) is 4.54. The molecule has 8 nitrogen and oxygen atoms in total. The minimum atomic E-state index is -0.688. The molecule has 2 aromatic rings. The van der Waals surface area contributed by atoms with Gasteiger partial charge >= 0.3 is 0 Å². The van der Waals surface area contributed by atoms with Crippen LogP contribution in [0.4, 0.5) is 5.82 Å². The van der Waals surface area contributed by atoms with Gasteiger partial charge in [-0.05, 0) is 19.4 Å². The van der Waals surface area contributed by atoms with Gasteiger partial charge in [0.05, 0.1) is 19.0 Å². The summed E-state index contributed by atoms with van der Waals surface area (Å²) in [4.78, 5) is 12.5. The largest absolute Gasteiger partial charge is 0.392 e. The maximum atomic E-state index is 9.58. The molecule has 9 heteroatoms. The zero-order chi connectivity index (χ0) is 15.5. The molecule has 1 saturated heterocycles. The average molecular weight is 392 g/mol. The van der Waals surface area contributed by atoms with E-state index in [1.54, 1.807) is 6.33 Å². The van der Waals surface area contributed by atoms with Crippen molar-refractivity contribution in [1.82, 2.24) is 19.5 Å². The van der Waals surface area contributed by atoms with Gasteiger partial charge < -0.3 is 24.9 Å². The molecule has 1 radical (unpaired) electrons. The van der Waals surface area contributed by atoms with Gasteiger partial charge in [0.2, 0.25) is 0 Å². The molecule has 0 saturated carbocycles. The second-order valence-electron chi connectivity index (χ2n) is 5.99. The molecule has 1 aliphatic carbocycles. The minimum Gasteiger partial charge on any atom is -0.392 e. The molecule has 2 aliphatic rings. The van der Waals surface area contributed by atoms with E-state index in [1.165, 1.54) is 6.33 Å². The van der Waals surface area contributed by atoms with E-state index in [1.807, 2.05) is 24.5 Å². The molecule has 0 amide bonds. The van der Waals surface area contributed by atoms with E-state index in [-0.39, 0.29) is 57.6 Å². The number of hydrogen-bond acceptors (Lipinski definition) is 7. The second-order valence-corrected chi connectivity index (χ2v) is 5.99. The Bertz CT molecular complexity index is 775. The van der Waals surface area contributed by atoms with Crippen LogP contribution >= 0.6 is 0 Å². The van der Waals surface area contributed by atoms with Crippen molar-refractivity contribution < 1.29 is 47.3 Å². The fourth-order valence-electron chi connectivity index (χ4n) is 3.20. The first-order valence-corrected chi connectivity index (χ1v) is 7.10. The number of aliphatic hydroxyl groups is 1. The molecule has 23 heavy (non-hydrogen) atoms. The van der Waals surface area contributed by atoms with Crippen LogP contribution in [0.2, 0.25) is 0 Å². The summed E-state index contributed by atoms with van der Waals surface area (Å²) in [5, 5.41) is 9.58. The van der Waals surface area contributed by atoms with Crippen LogP contribution in [-0.4, -0.2) is 49.2 Å². The van der Waals surface area contributed by atoms with Crippen molar-refractivity contribution in [2.45, 2.75) is 37.9 Å². The third-order valence-electron chi connectivity index (χ3n) is 4.11. The van der Waals surface area contributed by atoms with Gasteiger partial charge in [-0.25, -0.2) is 15.0 Å². The third-order valence-corrected chi connectivity index (χ3v) is 4.11. The smallest absolute Gasteiger partial charge is 0.166 e. The van der Waals surface area contributed by atoms with E-state index in [4.69, 9.17) is 15.2 Å². The van der Waals surface area contributed by atoms with Crippen molar-refractivity contribution in [3.8, 4) is 0 Å². The first kappa shape index (κ1) is 16.9. The zero-order valence-electron chi connectivity index (χ0n) is 12.9. The average Bonchev–Trinajstić information content (AvgIpc) is 3.10. The Hall–Kier alpha value is -0.926. The molecular formula is C14H17N5O3Y. The molecule has 3 heterocycles. The number of fused-ring (bicyclic) bond motifs is 2. The van der Waals surface area contributed by atoms with E-state index in [9.17, 15) is 5.11 Å². The molecule has 0 unspecified atom stereocenters. The van der Waals surface area contributed by atoms with Gasteiger partial charge in [0.1, 0.15) is 24.1 Å². The topological polar surface area (TPSA) is 108 Å². The van der Waals surface area contributed by atoms with Crippen molar-refractivity contribution in [2.24, 2.45) is 0 Å². The summed E-state index contributed by atoms with van der Waals surface area (Å²) in [6, 6.07) is -0.159. The Kier molecular flexibility index (Phi) is 4.31. The number of ether oxygens (including phenoxy) is 2. The molecular weight excluding hydrogens is 375 g/mol. The number of imidazole rings is 1. The number of aliphatic hydroxyl groups excluding tert-OH is 1. The van der Waals surface area contributed by atoms with Crippen LogP contribution in [0.5, 0.6) is 0 Å². The first-order valence-electron chi connectivity index (χ1n) is 7.10. The van der Waals surface area contributed by atoms with Crippen molar-refractivity contribution in [3.05, 3.63) is 24.3 Å². The monoisotopic (exact) mass is 392 g/mol. The fourth-order valence-corrected chi connectivity index (χ4v) is 3.20. The maximum absolute atomic E-state index is 9.58.